The number of rotatable bonds is 5. The van der Waals surface area contributed by atoms with Crippen LogP contribution in [0.5, 0.6) is 0 Å². The maximum absolute atomic E-state index is 12.3. The molecule has 0 radical (unpaired) electrons. The van der Waals surface area contributed by atoms with E-state index in [4.69, 9.17) is 5.73 Å². The van der Waals surface area contributed by atoms with Crippen LogP contribution in [0.25, 0.3) is 0 Å². The first-order chi connectivity index (χ1) is 9.36. The average molecular weight is 281 g/mol. The monoisotopic (exact) mass is 281 g/mol. The van der Waals surface area contributed by atoms with Gasteiger partial charge in [0.05, 0.1) is 0 Å². The number of primary amides is 1. The van der Waals surface area contributed by atoms with E-state index in [0.29, 0.717) is 25.9 Å². The highest BCUT2D eigenvalue weighted by Gasteiger charge is 2.30. The van der Waals surface area contributed by atoms with Gasteiger partial charge in [-0.1, -0.05) is 6.58 Å². The molecule has 1 rings (SSSR count). The molecule has 0 aromatic heterocycles. The van der Waals surface area contributed by atoms with Gasteiger partial charge in [0.1, 0.15) is 0 Å². The van der Waals surface area contributed by atoms with Crippen LogP contribution in [0.2, 0.25) is 0 Å². The number of hydrogen-bond donors (Lipinski definition) is 1. The molecule has 6 nitrogen and oxygen atoms in total. The predicted molar refractivity (Wildman–Crippen MR) is 75.5 cm³/mol. The Bertz CT molecular complexity index is 400. The summed E-state index contributed by atoms with van der Waals surface area (Å²) in [5, 5.41) is 0. The highest BCUT2D eigenvalue weighted by atomic mass is 16.2. The lowest BCUT2D eigenvalue weighted by Gasteiger charge is -2.34. The number of amides is 3. The van der Waals surface area contributed by atoms with Gasteiger partial charge in [-0.15, -0.1) is 0 Å². The zero-order valence-electron chi connectivity index (χ0n) is 12.2. The molecule has 0 bridgehead atoms. The largest absolute Gasteiger partial charge is 0.370 e. The second kappa shape index (κ2) is 7.07. The van der Waals surface area contributed by atoms with Crippen LogP contribution in [0.4, 0.5) is 0 Å². The molecular formula is C14H23N3O3. The maximum atomic E-state index is 12.3. The van der Waals surface area contributed by atoms with Crippen molar-refractivity contribution in [3.8, 4) is 0 Å². The smallest absolute Gasteiger partial charge is 0.245 e. The molecule has 0 aromatic carbocycles. The highest BCUT2D eigenvalue weighted by Crippen LogP contribution is 2.20. The molecule has 6 heteroatoms. The minimum atomic E-state index is -0.413. The van der Waals surface area contributed by atoms with E-state index in [2.05, 4.69) is 6.58 Å². The number of nitrogens with zero attached hydrogens (tertiary/aromatic N) is 2. The van der Waals surface area contributed by atoms with Crippen LogP contribution >= 0.6 is 0 Å². The van der Waals surface area contributed by atoms with Crippen LogP contribution < -0.4 is 5.73 Å². The van der Waals surface area contributed by atoms with Crippen LogP contribution in [0, 0.1) is 5.92 Å². The van der Waals surface area contributed by atoms with Gasteiger partial charge in [0.25, 0.3) is 0 Å². The second-order valence-corrected chi connectivity index (χ2v) is 5.27. The Kier molecular flexibility index (Phi) is 5.73. The Balaban J connectivity index is 2.51. The third kappa shape index (κ3) is 4.08. The lowest BCUT2D eigenvalue weighted by atomic mass is 9.94. The Morgan fingerprint density at radius 3 is 2.40 bits per heavy atom. The summed E-state index contributed by atoms with van der Waals surface area (Å²) >= 11 is 0. The van der Waals surface area contributed by atoms with Crippen LogP contribution in [0.3, 0.4) is 0 Å². The van der Waals surface area contributed by atoms with Crippen molar-refractivity contribution < 1.29 is 14.4 Å². The van der Waals surface area contributed by atoms with Gasteiger partial charge in [-0.05, 0) is 25.8 Å². The Labute approximate surface area is 119 Å². The molecule has 1 aliphatic rings. The third-order valence-electron chi connectivity index (χ3n) is 3.84. The average Bonchev–Trinajstić information content (AvgIpc) is 2.44. The van der Waals surface area contributed by atoms with Gasteiger partial charge in [0, 0.05) is 38.5 Å². The standard InChI is InChI=1S/C14H23N3O3/c1-4-13(19)17-7-5-11(6-8-17)14(20)16(3)10(2)9-12(15)18/h4,10-11H,1,5-9H2,2-3H3,(H2,15,18). The summed E-state index contributed by atoms with van der Waals surface area (Å²) in [7, 11) is 1.69. The van der Waals surface area contributed by atoms with E-state index in [1.807, 2.05) is 0 Å². The van der Waals surface area contributed by atoms with Crippen molar-refractivity contribution in [2.24, 2.45) is 11.7 Å². The molecule has 0 aliphatic carbocycles. The Morgan fingerprint density at radius 1 is 1.40 bits per heavy atom. The molecule has 1 aliphatic heterocycles. The summed E-state index contributed by atoms with van der Waals surface area (Å²) in [6.45, 7) is 6.40. The van der Waals surface area contributed by atoms with E-state index in [-0.39, 0.29) is 30.2 Å². The van der Waals surface area contributed by atoms with Gasteiger partial charge in [-0.25, -0.2) is 0 Å². The van der Waals surface area contributed by atoms with Crippen LogP contribution in [0.15, 0.2) is 12.7 Å². The molecular weight excluding hydrogens is 258 g/mol. The summed E-state index contributed by atoms with van der Waals surface area (Å²) in [4.78, 5) is 38.0. The van der Waals surface area contributed by atoms with E-state index < -0.39 is 5.91 Å². The Hall–Kier alpha value is -1.85. The minimum absolute atomic E-state index is 0.0180. The van der Waals surface area contributed by atoms with Gasteiger partial charge < -0.3 is 15.5 Å². The quantitative estimate of drug-likeness (QED) is 0.727. The van der Waals surface area contributed by atoms with E-state index >= 15 is 0 Å². The SMILES string of the molecule is C=CC(=O)N1CCC(C(=O)N(C)C(C)CC(N)=O)CC1. The topological polar surface area (TPSA) is 83.7 Å². The number of carbonyl (C=O) groups is 3. The number of likely N-dealkylation sites (tertiary alicyclic amines) is 1. The van der Waals surface area contributed by atoms with E-state index in [0.717, 1.165) is 0 Å². The predicted octanol–water partition coefficient (Wildman–Crippen LogP) is 0.133. The molecule has 1 unspecified atom stereocenters. The molecule has 2 N–H and O–H groups in total. The van der Waals surface area contributed by atoms with Gasteiger partial charge in [0.2, 0.25) is 17.7 Å². The van der Waals surface area contributed by atoms with Crippen LogP contribution in [0.1, 0.15) is 26.2 Å². The van der Waals surface area contributed by atoms with Crippen LogP contribution in [-0.2, 0) is 14.4 Å². The van der Waals surface area contributed by atoms with Crippen LogP contribution in [-0.4, -0.2) is 53.7 Å². The summed E-state index contributed by atoms with van der Waals surface area (Å²) in [6.07, 6.45) is 2.75. The molecule has 3 amide bonds. The fraction of sp³-hybridized carbons (Fsp3) is 0.643. The van der Waals surface area contributed by atoms with Gasteiger partial charge in [0.15, 0.2) is 0 Å². The lowest BCUT2D eigenvalue weighted by Crippen LogP contribution is -2.45. The first-order valence-corrected chi connectivity index (χ1v) is 6.83. The molecule has 1 fully saturated rings. The van der Waals surface area contributed by atoms with Crippen molar-refractivity contribution >= 4 is 17.7 Å². The van der Waals surface area contributed by atoms with E-state index in [9.17, 15) is 14.4 Å². The van der Waals surface area contributed by atoms with E-state index in [1.165, 1.54) is 6.08 Å². The normalized spacial score (nSPS) is 17.4. The van der Waals surface area contributed by atoms with Crippen molar-refractivity contribution in [3.63, 3.8) is 0 Å². The molecule has 1 atom stereocenters. The van der Waals surface area contributed by atoms with Gasteiger partial charge >= 0.3 is 0 Å². The number of nitrogens with two attached hydrogens (primary N) is 1. The molecule has 1 saturated heterocycles. The van der Waals surface area contributed by atoms with Crippen molar-refractivity contribution in [2.45, 2.75) is 32.2 Å². The number of piperidine rings is 1. The summed E-state index contributed by atoms with van der Waals surface area (Å²) in [6, 6.07) is -0.201. The summed E-state index contributed by atoms with van der Waals surface area (Å²) in [5.41, 5.74) is 5.15. The molecule has 20 heavy (non-hydrogen) atoms. The molecule has 112 valence electrons. The molecule has 0 spiro atoms. The Morgan fingerprint density at radius 2 is 1.95 bits per heavy atom. The summed E-state index contributed by atoms with van der Waals surface area (Å²) in [5.74, 6) is -0.580. The zero-order chi connectivity index (χ0) is 15.3. The first kappa shape index (κ1) is 16.2. The number of carbonyl (C=O) groups excluding carboxylic acids is 3. The third-order valence-corrected chi connectivity index (χ3v) is 3.84. The zero-order valence-corrected chi connectivity index (χ0v) is 12.2. The first-order valence-electron chi connectivity index (χ1n) is 6.83. The van der Waals surface area contributed by atoms with Gasteiger partial charge in [-0.3, -0.25) is 14.4 Å². The summed E-state index contributed by atoms with van der Waals surface area (Å²) < 4.78 is 0. The van der Waals surface area contributed by atoms with Crippen molar-refractivity contribution in [1.29, 1.82) is 0 Å². The second-order valence-electron chi connectivity index (χ2n) is 5.27. The highest BCUT2D eigenvalue weighted by molar-refractivity contribution is 5.87. The lowest BCUT2D eigenvalue weighted by molar-refractivity contribution is -0.140. The molecule has 0 aromatic rings. The maximum Gasteiger partial charge on any atom is 0.245 e. The fourth-order valence-corrected chi connectivity index (χ4v) is 2.41. The van der Waals surface area contributed by atoms with Crippen molar-refractivity contribution in [3.05, 3.63) is 12.7 Å². The van der Waals surface area contributed by atoms with Gasteiger partial charge in [-0.2, -0.15) is 0 Å². The van der Waals surface area contributed by atoms with Crippen molar-refractivity contribution in [2.75, 3.05) is 20.1 Å². The van der Waals surface area contributed by atoms with E-state index in [1.54, 1.807) is 23.8 Å². The molecule has 0 saturated carbocycles. The van der Waals surface area contributed by atoms with Crippen molar-refractivity contribution in [1.82, 2.24) is 9.80 Å². The number of hydrogen-bond acceptors (Lipinski definition) is 3. The minimum Gasteiger partial charge on any atom is -0.370 e. The molecule has 1 heterocycles. The fourth-order valence-electron chi connectivity index (χ4n) is 2.41.